The zero-order valence-corrected chi connectivity index (χ0v) is 9.50. The van der Waals surface area contributed by atoms with Crippen molar-refractivity contribution in [3.05, 3.63) is 0 Å². The predicted molar refractivity (Wildman–Crippen MR) is 57.3 cm³/mol. The summed E-state index contributed by atoms with van der Waals surface area (Å²) in [6.07, 6.45) is -0.851. The van der Waals surface area contributed by atoms with E-state index in [4.69, 9.17) is 10.2 Å². The van der Waals surface area contributed by atoms with Crippen molar-refractivity contribution < 1.29 is 20.4 Å². The van der Waals surface area contributed by atoms with Crippen molar-refractivity contribution in [2.24, 2.45) is 0 Å². The summed E-state index contributed by atoms with van der Waals surface area (Å²) in [4.78, 5) is 1.57. The van der Waals surface area contributed by atoms with Gasteiger partial charge in [0.15, 0.2) is 0 Å². The molecule has 0 aromatic carbocycles. The number of hydrogen-bond acceptors (Lipinski definition) is 5. The van der Waals surface area contributed by atoms with Crippen LogP contribution in [-0.2, 0) is 0 Å². The maximum Gasteiger partial charge on any atom is 0.130 e. The first kappa shape index (κ1) is 14.8. The summed E-state index contributed by atoms with van der Waals surface area (Å²) in [5.41, 5.74) is 0. The standard InChI is InChI=1S/C10H23NO4/c1-3-4-5-11(10(15)7-12)6-9(14)8(2)13/h8-10,12-15H,3-7H2,1-2H3. The molecule has 92 valence electrons. The third kappa shape index (κ3) is 6.06. The lowest BCUT2D eigenvalue weighted by atomic mass is 10.2. The maximum absolute atomic E-state index is 9.46. The van der Waals surface area contributed by atoms with Crippen molar-refractivity contribution in [3.63, 3.8) is 0 Å². The van der Waals surface area contributed by atoms with Crippen LogP contribution < -0.4 is 0 Å². The molecule has 0 aromatic rings. The molecule has 0 saturated carbocycles. The lowest BCUT2D eigenvalue weighted by Crippen LogP contribution is -2.45. The number of rotatable bonds is 8. The molecule has 3 unspecified atom stereocenters. The lowest BCUT2D eigenvalue weighted by molar-refractivity contribution is -0.0709. The minimum Gasteiger partial charge on any atom is -0.392 e. The molecule has 0 amide bonds. The van der Waals surface area contributed by atoms with Crippen molar-refractivity contribution >= 4 is 0 Å². The van der Waals surface area contributed by atoms with Gasteiger partial charge in [-0.25, -0.2) is 0 Å². The molecule has 0 rings (SSSR count). The zero-order chi connectivity index (χ0) is 11.8. The maximum atomic E-state index is 9.46. The topological polar surface area (TPSA) is 84.2 Å². The Morgan fingerprint density at radius 2 is 1.80 bits per heavy atom. The highest BCUT2D eigenvalue weighted by atomic mass is 16.3. The number of hydrogen-bond donors (Lipinski definition) is 4. The largest absolute Gasteiger partial charge is 0.392 e. The second kappa shape index (κ2) is 8.01. The lowest BCUT2D eigenvalue weighted by Gasteiger charge is -2.29. The average molecular weight is 221 g/mol. The van der Waals surface area contributed by atoms with Gasteiger partial charge < -0.3 is 20.4 Å². The van der Waals surface area contributed by atoms with E-state index in [-0.39, 0.29) is 13.2 Å². The van der Waals surface area contributed by atoms with Crippen molar-refractivity contribution in [1.82, 2.24) is 4.90 Å². The Morgan fingerprint density at radius 1 is 1.20 bits per heavy atom. The Bertz CT molecular complexity index is 154. The van der Waals surface area contributed by atoms with Gasteiger partial charge in [0.1, 0.15) is 6.23 Å². The summed E-state index contributed by atoms with van der Waals surface area (Å²) in [7, 11) is 0. The second-order valence-electron chi connectivity index (χ2n) is 3.82. The molecule has 0 fully saturated rings. The fourth-order valence-corrected chi connectivity index (χ4v) is 1.23. The van der Waals surface area contributed by atoms with Gasteiger partial charge in [-0.3, -0.25) is 4.90 Å². The molecule has 0 spiro atoms. The third-order valence-corrected chi connectivity index (χ3v) is 2.36. The first-order chi connectivity index (χ1) is 7.02. The smallest absolute Gasteiger partial charge is 0.130 e. The van der Waals surface area contributed by atoms with Crippen LogP contribution in [-0.4, -0.2) is 63.5 Å². The van der Waals surface area contributed by atoms with Crippen LogP contribution in [0.3, 0.4) is 0 Å². The first-order valence-corrected chi connectivity index (χ1v) is 5.42. The highest BCUT2D eigenvalue weighted by Gasteiger charge is 2.20. The van der Waals surface area contributed by atoms with E-state index in [1.807, 2.05) is 6.92 Å². The molecular weight excluding hydrogens is 198 g/mol. The van der Waals surface area contributed by atoms with Gasteiger partial charge in [-0.2, -0.15) is 0 Å². The van der Waals surface area contributed by atoms with Crippen molar-refractivity contribution in [3.8, 4) is 0 Å². The number of nitrogens with zero attached hydrogens (tertiary/aromatic N) is 1. The molecule has 0 aliphatic rings. The average Bonchev–Trinajstić information content (AvgIpc) is 2.22. The third-order valence-electron chi connectivity index (χ3n) is 2.36. The van der Waals surface area contributed by atoms with Gasteiger partial charge in [0.05, 0.1) is 18.8 Å². The van der Waals surface area contributed by atoms with E-state index < -0.39 is 18.4 Å². The summed E-state index contributed by atoms with van der Waals surface area (Å²) >= 11 is 0. The molecule has 0 bridgehead atoms. The van der Waals surface area contributed by atoms with E-state index in [9.17, 15) is 10.2 Å². The van der Waals surface area contributed by atoms with Crippen LogP contribution in [0.1, 0.15) is 26.7 Å². The Kier molecular flexibility index (Phi) is 7.90. The normalized spacial score (nSPS) is 17.8. The van der Waals surface area contributed by atoms with Crippen LogP contribution >= 0.6 is 0 Å². The molecule has 15 heavy (non-hydrogen) atoms. The second-order valence-corrected chi connectivity index (χ2v) is 3.82. The minimum atomic E-state index is -0.968. The first-order valence-electron chi connectivity index (χ1n) is 5.42. The summed E-state index contributed by atoms with van der Waals surface area (Å²) in [6, 6.07) is 0. The zero-order valence-electron chi connectivity index (χ0n) is 9.50. The molecule has 0 aliphatic carbocycles. The highest BCUT2D eigenvalue weighted by molar-refractivity contribution is 4.70. The van der Waals surface area contributed by atoms with E-state index in [2.05, 4.69) is 0 Å². The molecule has 5 heteroatoms. The van der Waals surface area contributed by atoms with Crippen LogP contribution in [0.2, 0.25) is 0 Å². The van der Waals surface area contributed by atoms with E-state index in [1.54, 1.807) is 4.90 Å². The Labute approximate surface area is 91.0 Å². The molecule has 0 radical (unpaired) electrons. The Balaban J connectivity index is 4.11. The van der Waals surface area contributed by atoms with Crippen LogP contribution in [0.4, 0.5) is 0 Å². The molecule has 0 aromatic heterocycles. The van der Waals surface area contributed by atoms with Crippen LogP contribution in [0.25, 0.3) is 0 Å². The molecule has 0 aliphatic heterocycles. The summed E-state index contributed by atoms with van der Waals surface area (Å²) in [5, 5.41) is 36.9. The number of unbranched alkanes of at least 4 members (excludes halogenated alkanes) is 1. The number of aliphatic hydroxyl groups is 4. The Hall–Kier alpha value is -0.200. The molecule has 5 nitrogen and oxygen atoms in total. The predicted octanol–water partition coefficient (Wildman–Crippen LogP) is -0.859. The van der Waals surface area contributed by atoms with Gasteiger partial charge in [0.2, 0.25) is 0 Å². The van der Waals surface area contributed by atoms with Crippen LogP contribution in [0, 0.1) is 0 Å². The summed E-state index contributed by atoms with van der Waals surface area (Å²) < 4.78 is 0. The quantitative estimate of drug-likeness (QED) is 0.401. The van der Waals surface area contributed by atoms with Gasteiger partial charge in [-0.05, 0) is 13.3 Å². The van der Waals surface area contributed by atoms with Gasteiger partial charge in [0.25, 0.3) is 0 Å². The molecule has 3 atom stereocenters. The summed E-state index contributed by atoms with van der Waals surface area (Å²) in [5.74, 6) is 0. The minimum absolute atomic E-state index is 0.166. The van der Waals surface area contributed by atoms with E-state index >= 15 is 0 Å². The van der Waals surface area contributed by atoms with Crippen LogP contribution in [0.5, 0.6) is 0 Å². The molecular formula is C10H23NO4. The van der Waals surface area contributed by atoms with E-state index in [0.29, 0.717) is 6.54 Å². The van der Waals surface area contributed by atoms with E-state index in [0.717, 1.165) is 12.8 Å². The fourth-order valence-electron chi connectivity index (χ4n) is 1.23. The van der Waals surface area contributed by atoms with Crippen molar-refractivity contribution in [2.45, 2.75) is 45.1 Å². The molecule has 0 saturated heterocycles. The Morgan fingerprint density at radius 3 is 2.20 bits per heavy atom. The summed E-state index contributed by atoms with van der Waals surface area (Å²) in [6.45, 7) is 3.92. The van der Waals surface area contributed by atoms with Gasteiger partial charge >= 0.3 is 0 Å². The molecule has 0 heterocycles. The van der Waals surface area contributed by atoms with Gasteiger partial charge in [0, 0.05) is 13.1 Å². The van der Waals surface area contributed by atoms with Gasteiger partial charge in [-0.15, -0.1) is 0 Å². The van der Waals surface area contributed by atoms with E-state index in [1.165, 1.54) is 6.92 Å². The number of aliphatic hydroxyl groups excluding tert-OH is 4. The SMILES string of the molecule is CCCCN(CC(O)C(C)O)C(O)CO. The van der Waals surface area contributed by atoms with Crippen LogP contribution in [0.15, 0.2) is 0 Å². The van der Waals surface area contributed by atoms with Crippen molar-refractivity contribution in [1.29, 1.82) is 0 Å². The van der Waals surface area contributed by atoms with Gasteiger partial charge in [-0.1, -0.05) is 13.3 Å². The molecule has 4 N–H and O–H groups in total. The fraction of sp³-hybridized carbons (Fsp3) is 1.00. The monoisotopic (exact) mass is 221 g/mol. The van der Waals surface area contributed by atoms with Crippen molar-refractivity contribution in [2.75, 3.05) is 19.7 Å². The highest BCUT2D eigenvalue weighted by Crippen LogP contribution is 2.04.